The van der Waals surface area contributed by atoms with Crippen molar-refractivity contribution in [2.75, 3.05) is 0 Å². The minimum Gasteiger partial charge on any atom is -0.294 e. The molecule has 0 amide bonds. The lowest BCUT2D eigenvalue weighted by Crippen LogP contribution is -2.26. The number of fused-ring (bicyclic) bond motifs is 1. The molecule has 0 fully saturated rings. The Balaban J connectivity index is 2.15. The number of rotatable bonds is 1. The molecule has 3 nitrogen and oxygen atoms in total. The molecule has 0 saturated heterocycles. The molecule has 1 aliphatic rings. The molecular weight excluding hydrogens is 243 g/mol. The number of aromatic nitrogens is 2. The number of ketones is 1. The van der Waals surface area contributed by atoms with Crippen molar-refractivity contribution in [2.45, 2.75) is 26.7 Å². The average molecular weight is 258 g/mol. The molecule has 2 aromatic rings. The number of hydrogen-bond acceptors (Lipinski definition) is 2. The molecule has 4 heteroatoms. The summed E-state index contributed by atoms with van der Waals surface area (Å²) in [4.78, 5) is 12.3. The van der Waals surface area contributed by atoms with Crippen LogP contribution < -0.4 is 0 Å². The maximum atomic E-state index is 13.8. The van der Waals surface area contributed by atoms with Crippen molar-refractivity contribution in [3.8, 4) is 11.3 Å². The second-order valence-corrected chi connectivity index (χ2v) is 5.85. The minimum absolute atomic E-state index is 0.0400. The van der Waals surface area contributed by atoms with Gasteiger partial charge in [0, 0.05) is 17.7 Å². The van der Waals surface area contributed by atoms with Crippen molar-refractivity contribution in [3.63, 3.8) is 0 Å². The third kappa shape index (κ3) is 1.97. The molecule has 0 radical (unpaired) electrons. The fraction of sp³-hybridized carbons (Fsp3) is 0.333. The molecule has 98 valence electrons. The van der Waals surface area contributed by atoms with Gasteiger partial charge in [0.1, 0.15) is 11.5 Å². The van der Waals surface area contributed by atoms with Crippen molar-refractivity contribution in [2.24, 2.45) is 5.41 Å². The van der Waals surface area contributed by atoms with Crippen LogP contribution in [0.4, 0.5) is 4.39 Å². The number of carbonyl (C=O) groups excluding carboxylic acids is 1. The third-order valence-electron chi connectivity index (χ3n) is 3.54. The molecule has 0 saturated carbocycles. The molecule has 1 aromatic carbocycles. The van der Waals surface area contributed by atoms with Crippen LogP contribution in [-0.2, 0) is 6.42 Å². The molecule has 0 bridgehead atoms. The van der Waals surface area contributed by atoms with Crippen molar-refractivity contribution in [3.05, 3.63) is 41.3 Å². The standard InChI is InChI=1S/C15H15FN2O/c1-15(2)7-11-13(12(19)8-15)14(18-17-11)9-5-3-4-6-10(9)16/h3-6H,7-8H2,1-2H3,(H,17,18). The van der Waals surface area contributed by atoms with Crippen LogP contribution in [0, 0.1) is 11.2 Å². The lowest BCUT2D eigenvalue weighted by molar-refractivity contribution is 0.0912. The van der Waals surface area contributed by atoms with Crippen molar-refractivity contribution in [1.82, 2.24) is 10.2 Å². The summed E-state index contributed by atoms with van der Waals surface area (Å²) in [5, 5.41) is 7.06. The number of aromatic amines is 1. The van der Waals surface area contributed by atoms with E-state index in [1.807, 2.05) is 0 Å². The smallest absolute Gasteiger partial charge is 0.167 e. The number of halogens is 1. The zero-order valence-corrected chi connectivity index (χ0v) is 11.0. The van der Waals surface area contributed by atoms with Gasteiger partial charge in [-0.2, -0.15) is 5.10 Å². The number of nitrogens with zero attached hydrogens (tertiary/aromatic N) is 1. The van der Waals surface area contributed by atoms with Gasteiger partial charge in [-0.05, 0) is 24.0 Å². The van der Waals surface area contributed by atoms with Crippen LogP contribution in [0.2, 0.25) is 0 Å². The molecule has 0 aliphatic heterocycles. The molecule has 19 heavy (non-hydrogen) atoms. The lowest BCUT2D eigenvalue weighted by Gasteiger charge is -2.27. The Kier molecular flexibility index (Phi) is 2.55. The molecule has 0 atom stereocenters. The first kappa shape index (κ1) is 12.1. The van der Waals surface area contributed by atoms with Crippen molar-refractivity contribution in [1.29, 1.82) is 0 Å². The molecule has 0 spiro atoms. The topological polar surface area (TPSA) is 45.8 Å². The maximum absolute atomic E-state index is 13.8. The van der Waals surface area contributed by atoms with Gasteiger partial charge in [0.2, 0.25) is 0 Å². The summed E-state index contributed by atoms with van der Waals surface area (Å²) in [6.07, 6.45) is 1.23. The zero-order chi connectivity index (χ0) is 13.6. The summed E-state index contributed by atoms with van der Waals surface area (Å²) in [6, 6.07) is 6.41. The van der Waals surface area contributed by atoms with E-state index in [0.717, 1.165) is 12.1 Å². The highest BCUT2D eigenvalue weighted by Gasteiger charge is 2.35. The Hall–Kier alpha value is -1.97. The van der Waals surface area contributed by atoms with Crippen LogP contribution in [0.3, 0.4) is 0 Å². The van der Waals surface area contributed by atoms with E-state index in [0.29, 0.717) is 23.2 Å². The summed E-state index contributed by atoms with van der Waals surface area (Å²) in [7, 11) is 0. The van der Waals surface area contributed by atoms with E-state index in [4.69, 9.17) is 0 Å². The lowest BCUT2D eigenvalue weighted by atomic mass is 9.75. The molecule has 0 unspecified atom stereocenters. The van der Waals surface area contributed by atoms with E-state index in [1.165, 1.54) is 6.07 Å². The van der Waals surface area contributed by atoms with Gasteiger partial charge in [0.05, 0.1) is 5.56 Å². The fourth-order valence-electron chi connectivity index (χ4n) is 2.72. The van der Waals surface area contributed by atoms with Gasteiger partial charge in [-0.15, -0.1) is 0 Å². The Morgan fingerprint density at radius 1 is 1.26 bits per heavy atom. The SMILES string of the molecule is CC1(C)CC(=O)c2c(-c3ccccc3F)n[nH]c2C1. The van der Waals surface area contributed by atoms with Crippen LogP contribution in [0.15, 0.2) is 24.3 Å². The van der Waals surface area contributed by atoms with E-state index < -0.39 is 0 Å². The second-order valence-electron chi connectivity index (χ2n) is 5.85. The number of Topliss-reactive ketones (excluding diaryl/α,β-unsaturated/α-hetero) is 1. The highest BCUT2D eigenvalue weighted by Crippen LogP contribution is 2.38. The highest BCUT2D eigenvalue weighted by molar-refractivity contribution is 6.03. The number of H-pyrrole nitrogens is 1. The first-order valence-corrected chi connectivity index (χ1v) is 6.33. The van der Waals surface area contributed by atoms with Gasteiger partial charge in [-0.1, -0.05) is 26.0 Å². The van der Waals surface area contributed by atoms with E-state index >= 15 is 0 Å². The normalized spacial score (nSPS) is 17.3. The van der Waals surface area contributed by atoms with Crippen LogP contribution in [-0.4, -0.2) is 16.0 Å². The van der Waals surface area contributed by atoms with Crippen LogP contribution in [0.1, 0.15) is 36.3 Å². The average Bonchev–Trinajstić information content (AvgIpc) is 2.71. The largest absolute Gasteiger partial charge is 0.294 e. The second kappa shape index (κ2) is 4.02. The number of hydrogen-bond donors (Lipinski definition) is 1. The minimum atomic E-state index is -0.352. The van der Waals surface area contributed by atoms with Gasteiger partial charge in [-0.3, -0.25) is 9.89 Å². The molecule has 1 aromatic heterocycles. The summed E-state index contributed by atoms with van der Waals surface area (Å²) in [5.41, 5.74) is 2.13. The molecule has 1 N–H and O–H groups in total. The quantitative estimate of drug-likeness (QED) is 0.852. The van der Waals surface area contributed by atoms with Crippen molar-refractivity contribution >= 4 is 5.78 Å². The molecule has 1 heterocycles. The summed E-state index contributed by atoms with van der Waals surface area (Å²) in [6.45, 7) is 4.11. The molecular formula is C15H15FN2O. The van der Waals surface area contributed by atoms with Gasteiger partial charge in [-0.25, -0.2) is 4.39 Å². The monoisotopic (exact) mass is 258 g/mol. The predicted octanol–water partition coefficient (Wildman–Crippen LogP) is 3.37. The number of benzene rings is 1. The van der Waals surface area contributed by atoms with Crippen LogP contribution >= 0.6 is 0 Å². The van der Waals surface area contributed by atoms with Crippen molar-refractivity contribution < 1.29 is 9.18 Å². The maximum Gasteiger partial charge on any atom is 0.167 e. The first-order valence-electron chi connectivity index (χ1n) is 6.33. The predicted molar refractivity (Wildman–Crippen MR) is 70.4 cm³/mol. The zero-order valence-electron chi connectivity index (χ0n) is 11.0. The van der Waals surface area contributed by atoms with Crippen LogP contribution in [0.5, 0.6) is 0 Å². The van der Waals surface area contributed by atoms with Gasteiger partial charge in [0.15, 0.2) is 5.78 Å². The highest BCUT2D eigenvalue weighted by atomic mass is 19.1. The fourth-order valence-corrected chi connectivity index (χ4v) is 2.72. The number of nitrogens with one attached hydrogen (secondary N) is 1. The van der Waals surface area contributed by atoms with Gasteiger partial charge < -0.3 is 0 Å². The number of carbonyl (C=O) groups is 1. The molecule has 3 rings (SSSR count). The Morgan fingerprint density at radius 2 is 2.00 bits per heavy atom. The first-order chi connectivity index (χ1) is 8.98. The van der Waals surface area contributed by atoms with Crippen LogP contribution in [0.25, 0.3) is 11.3 Å². The van der Waals surface area contributed by atoms with Gasteiger partial charge in [0.25, 0.3) is 0 Å². The van der Waals surface area contributed by atoms with E-state index in [1.54, 1.807) is 18.2 Å². The Labute approximate surface area is 110 Å². The summed E-state index contributed by atoms with van der Waals surface area (Å²) < 4.78 is 13.8. The summed E-state index contributed by atoms with van der Waals surface area (Å²) >= 11 is 0. The van der Waals surface area contributed by atoms with E-state index in [2.05, 4.69) is 24.0 Å². The van der Waals surface area contributed by atoms with Gasteiger partial charge >= 0.3 is 0 Å². The Morgan fingerprint density at radius 3 is 2.74 bits per heavy atom. The third-order valence-corrected chi connectivity index (χ3v) is 3.54. The van der Waals surface area contributed by atoms with E-state index in [9.17, 15) is 9.18 Å². The van der Waals surface area contributed by atoms with E-state index in [-0.39, 0.29) is 17.0 Å². The Bertz CT molecular complexity index is 658. The molecule has 1 aliphatic carbocycles. The summed E-state index contributed by atoms with van der Waals surface area (Å²) in [5.74, 6) is -0.312.